The second kappa shape index (κ2) is 7.53. The molecule has 138 valence electrons. The van der Waals surface area contributed by atoms with Crippen LogP contribution in [0, 0.1) is 0 Å². The van der Waals surface area contributed by atoms with Crippen molar-refractivity contribution in [3.05, 3.63) is 12.7 Å². The van der Waals surface area contributed by atoms with Crippen LogP contribution in [0.15, 0.2) is 12.7 Å². The average molecular weight is 371 g/mol. The summed E-state index contributed by atoms with van der Waals surface area (Å²) >= 11 is 0. The highest BCUT2D eigenvalue weighted by molar-refractivity contribution is 6.45. The Bertz CT molecular complexity index is 599. The minimum atomic E-state index is -0.950. The quantitative estimate of drug-likeness (QED) is 0.422. The van der Waals surface area contributed by atoms with E-state index in [4.69, 9.17) is 0 Å². The van der Waals surface area contributed by atoms with E-state index in [2.05, 4.69) is 11.9 Å². The van der Waals surface area contributed by atoms with E-state index in [1.54, 1.807) is 11.9 Å². The van der Waals surface area contributed by atoms with E-state index in [-0.39, 0.29) is 30.9 Å². The Hall–Kier alpha value is -1.93. The predicted octanol–water partition coefficient (Wildman–Crippen LogP) is 0.126. The van der Waals surface area contributed by atoms with Crippen LogP contribution in [0.1, 0.15) is 25.7 Å². The lowest BCUT2D eigenvalue weighted by Crippen LogP contribution is -2.51. The summed E-state index contributed by atoms with van der Waals surface area (Å²) < 4.78 is 0. The first-order chi connectivity index (χ1) is 11.4. The number of nitrogens with zero attached hydrogens (tertiary/aromatic N) is 3. The summed E-state index contributed by atoms with van der Waals surface area (Å²) in [6.07, 6.45) is 5.37. The van der Waals surface area contributed by atoms with Crippen LogP contribution in [0.3, 0.4) is 0 Å². The molecule has 0 radical (unpaired) electrons. The Morgan fingerprint density at radius 2 is 1.76 bits per heavy atom. The number of halogens is 1. The summed E-state index contributed by atoms with van der Waals surface area (Å²) in [5.74, 6) is -2.18. The lowest BCUT2D eigenvalue weighted by Gasteiger charge is -2.36. The molecule has 25 heavy (non-hydrogen) atoms. The number of urea groups is 1. The minimum absolute atomic E-state index is 0. The van der Waals surface area contributed by atoms with Crippen LogP contribution in [0.4, 0.5) is 4.79 Å². The molecule has 3 fully saturated rings. The van der Waals surface area contributed by atoms with Crippen molar-refractivity contribution in [3.63, 3.8) is 0 Å². The van der Waals surface area contributed by atoms with Crippen LogP contribution in [0.2, 0.25) is 0 Å². The third-order valence-electron chi connectivity index (χ3n) is 5.13. The zero-order valence-electron chi connectivity index (χ0n) is 14.1. The van der Waals surface area contributed by atoms with Gasteiger partial charge in [-0.3, -0.25) is 19.3 Å². The number of rotatable bonds is 5. The number of imide groups is 2. The number of nitrogens with one attached hydrogen (secondary N) is 1. The van der Waals surface area contributed by atoms with Gasteiger partial charge in [0.1, 0.15) is 6.54 Å². The molecule has 2 bridgehead atoms. The predicted molar refractivity (Wildman–Crippen MR) is 92.0 cm³/mol. The molecule has 2 atom stereocenters. The Morgan fingerprint density at radius 3 is 2.32 bits per heavy atom. The van der Waals surface area contributed by atoms with Crippen molar-refractivity contribution < 1.29 is 19.2 Å². The van der Waals surface area contributed by atoms with Crippen LogP contribution in [-0.2, 0) is 14.4 Å². The maximum absolute atomic E-state index is 12.5. The third-order valence-corrected chi connectivity index (χ3v) is 5.13. The van der Waals surface area contributed by atoms with Gasteiger partial charge in [0.25, 0.3) is 0 Å². The van der Waals surface area contributed by atoms with E-state index >= 15 is 0 Å². The number of hydrogen-bond acceptors (Lipinski definition) is 5. The second-order valence-corrected chi connectivity index (χ2v) is 6.65. The van der Waals surface area contributed by atoms with Gasteiger partial charge in [-0.15, -0.1) is 19.0 Å². The molecule has 9 heteroatoms. The highest BCUT2D eigenvalue weighted by Crippen LogP contribution is 2.29. The standard InChI is InChI=1S/C16H22N4O4.ClH/c1-3-6-19-14(22)15(23)20(16(19)24)9-13(21)18(2)12-7-10-4-5-11(8-12)17-10;/h3,10-12,17H,1,4-9H2,2H3;1H. The van der Waals surface area contributed by atoms with Crippen molar-refractivity contribution in [1.29, 1.82) is 0 Å². The van der Waals surface area contributed by atoms with Gasteiger partial charge >= 0.3 is 17.8 Å². The fourth-order valence-corrected chi connectivity index (χ4v) is 3.77. The molecule has 0 saturated carbocycles. The molecule has 1 N–H and O–H groups in total. The monoisotopic (exact) mass is 370 g/mol. The van der Waals surface area contributed by atoms with Gasteiger partial charge in [-0.25, -0.2) is 9.69 Å². The maximum Gasteiger partial charge on any atom is 0.335 e. The van der Waals surface area contributed by atoms with Crippen molar-refractivity contribution in [2.75, 3.05) is 20.1 Å². The molecule has 0 aromatic carbocycles. The van der Waals surface area contributed by atoms with Gasteiger partial charge in [0.2, 0.25) is 5.91 Å². The lowest BCUT2D eigenvalue weighted by atomic mass is 9.98. The van der Waals surface area contributed by atoms with Gasteiger partial charge in [-0.05, 0) is 25.7 Å². The fraction of sp³-hybridized carbons (Fsp3) is 0.625. The smallest absolute Gasteiger partial charge is 0.335 e. The Morgan fingerprint density at radius 1 is 1.20 bits per heavy atom. The van der Waals surface area contributed by atoms with Gasteiger partial charge in [0.05, 0.1) is 0 Å². The molecule has 0 aromatic heterocycles. The second-order valence-electron chi connectivity index (χ2n) is 6.65. The van der Waals surface area contributed by atoms with Crippen LogP contribution in [-0.4, -0.2) is 76.7 Å². The van der Waals surface area contributed by atoms with Gasteiger partial charge < -0.3 is 10.2 Å². The van der Waals surface area contributed by atoms with Crippen LogP contribution < -0.4 is 5.32 Å². The molecule has 3 aliphatic rings. The van der Waals surface area contributed by atoms with E-state index < -0.39 is 24.4 Å². The number of carbonyl (C=O) groups is 4. The fourth-order valence-electron chi connectivity index (χ4n) is 3.77. The van der Waals surface area contributed by atoms with Crippen molar-refractivity contribution in [2.24, 2.45) is 0 Å². The minimum Gasteiger partial charge on any atom is -0.341 e. The van der Waals surface area contributed by atoms with Crippen LogP contribution >= 0.6 is 12.4 Å². The van der Waals surface area contributed by atoms with Gasteiger partial charge in [0.15, 0.2) is 0 Å². The molecule has 8 nitrogen and oxygen atoms in total. The molecular formula is C16H23ClN4O4. The van der Waals surface area contributed by atoms with E-state index in [9.17, 15) is 19.2 Å². The number of hydrogen-bond donors (Lipinski definition) is 1. The lowest BCUT2D eigenvalue weighted by molar-refractivity contribution is -0.145. The average Bonchev–Trinajstić information content (AvgIpc) is 3.00. The topological polar surface area (TPSA) is 90.0 Å². The number of amides is 5. The normalized spacial score (nSPS) is 28.2. The number of carbonyl (C=O) groups excluding carboxylic acids is 4. The highest BCUT2D eigenvalue weighted by Gasteiger charge is 2.45. The first-order valence-corrected chi connectivity index (χ1v) is 8.22. The first kappa shape index (κ1) is 19.4. The SMILES string of the molecule is C=CCN1C(=O)C(=O)N(CC(=O)N(C)C2CC3CCC(C2)N3)C1=O.Cl. The molecule has 0 aromatic rings. The van der Waals surface area contributed by atoms with E-state index in [0.717, 1.165) is 35.5 Å². The van der Waals surface area contributed by atoms with Crippen molar-refractivity contribution in [3.8, 4) is 0 Å². The Labute approximate surface area is 152 Å². The van der Waals surface area contributed by atoms with E-state index in [1.807, 2.05) is 0 Å². The molecule has 2 unspecified atom stereocenters. The Balaban J connectivity index is 0.00000225. The first-order valence-electron chi connectivity index (χ1n) is 8.22. The van der Waals surface area contributed by atoms with Gasteiger partial charge in [-0.1, -0.05) is 6.08 Å². The number of likely N-dealkylation sites (N-methyl/N-ethyl adjacent to an activating group) is 1. The molecule has 0 spiro atoms. The van der Waals surface area contributed by atoms with Crippen LogP contribution in [0.5, 0.6) is 0 Å². The third kappa shape index (κ3) is 3.55. The summed E-state index contributed by atoms with van der Waals surface area (Å²) in [6, 6.07) is 0.216. The summed E-state index contributed by atoms with van der Waals surface area (Å²) in [7, 11) is 1.70. The Kier molecular flexibility index (Phi) is 5.84. The van der Waals surface area contributed by atoms with E-state index in [1.165, 1.54) is 6.08 Å². The van der Waals surface area contributed by atoms with Gasteiger partial charge in [-0.2, -0.15) is 0 Å². The highest BCUT2D eigenvalue weighted by atomic mass is 35.5. The molecule has 3 aliphatic heterocycles. The molecule has 5 amide bonds. The van der Waals surface area contributed by atoms with E-state index in [0.29, 0.717) is 12.1 Å². The summed E-state index contributed by atoms with van der Waals surface area (Å²) in [4.78, 5) is 51.5. The zero-order valence-corrected chi connectivity index (χ0v) is 15.0. The largest absolute Gasteiger partial charge is 0.341 e. The maximum atomic E-state index is 12.5. The summed E-state index contributed by atoms with van der Waals surface area (Å²) in [5, 5.41) is 3.51. The van der Waals surface area contributed by atoms with Crippen LogP contribution in [0.25, 0.3) is 0 Å². The zero-order chi connectivity index (χ0) is 17.4. The molecule has 3 heterocycles. The molecule has 3 saturated heterocycles. The number of piperidine rings is 1. The van der Waals surface area contributed by atoms with Crippen molar-refractivity contribution in [1.82, 2.24) is 20.0 Å². The molecular weight excluding hydrogens is 348 g/mol. The molecule has 0 aliphatic carbocycles. The summed E-state index contributed by atoms with van der Waals surface area (Å²) in [6.45, 7) is 3.02. The summed E-state index contributed by atoms with van der Waals surface area (Å²) in [5.41, 5.74) is 0. The van der Waals surface area contributed by atoms with Crippen molar-refractivity contribution >= 4 is 36.2 Å². The van der Waals surface area contributed by atoms with Crippen molar-refractivity contribution in [2.45, 2.75) is 43.8 Å². The van der Waals surface area contributed by atoms with Gasteiger partial charge in [0, 0.05) is 31.7 Å². The molecule has 3 rings (SSSR count). The number of fused-ring (bicyclic) bond motifs is 2.